The van der Waals surface area contributed by atoms with Gasteiger partial charge in [-0.3, -0.25) is 9.59 Å². The first-order valence-electron chi connectivity index (χ1n) is 8.79. The Morgan fingerprint density at radius 2 is 1.80 bits per heavy atom. The molecule has 1 aromatic heterocycles. The van der Waals surface area contributed by atoms with Gasteiger partial charge in [-0.2, -0.15) is 0 Å². The molecule has 156 valence electrons. The molecule has 0 spiro atoms. The van der Waals surface area contributed by atoms with Gasteiger partial charge < -0.3 is 11.1 Å². The Kier molecular flexibility index (Phi) is 6.88. The van der Waals surface area contributed by atoms with E-state index in [1.807, 2.05) is 17.5 Å². The summed E-state index contributed by atoms with van der Waals surface area (Å²) in [6.07, 6.45) is 0.606. The van der Waals surface area contributed by atoms with Crippen molar-refractivity contribution in [3.05, 3.63) is 81.0 Å². The maximum Gasteiger partial charge on any atom is 0.255 e. The minimum Gasteiger partial charge on any atom is -0.366 e. The van der Waals surface area contributed by atoms with Crippen molar-refractivity contribution in [1.29, 1.82) is 0 Å². The molecule has 0 saturated carbocycles. The maximum absolute atomic E-state index is 12.4. The molecule has 2 amide bonds. The minimum absolute atomic E-state index is 0.0686. The molecule has 0 bridgehead atoms. The standard InChI is InChI=1S/C20H18ClN3O4S2/c21-18-12-14(5-8-17(18)19(22)25)24-20(26)13-3-6-16(7-4-13)30(27,28)23-10-9-15-2-1-11-29-15/h1-8,11-12,23H,9-10H2,(H2,22,25)(H,24,26). The van der Waals surface area contributed by atoms with E-state index in [1.54, 1.807) is 11.3 Å². The van der Waals surface area contributed by atoms with Crippen LogP contribution in [0.5, 0.6) is 0 Å². The quantitative estimate of drug-likeness (QED) is 0.475. The molecule has 4 N–H and O–H groups in total. The molecule has 2 aromatic carbocycles. The van der Waals surface area contributed by atoms with Crippen LogP contribution in [0.3, 0.4) is 0 Å². The highest BCUT2D eigenvalue weighted by molar-refractivity contribution is 7.89. The Hall–Kier alpha value is -2.72. The molecule has 0 saturated heterocycles. The largest absolute Gasteiger partial charge is 0.366 e. The molecule has 1 heterocycles. The number of primary amides is 1. The van der Waals surface area contributed by atoms with Crippen LogP contribution in [0.1, 0.15) is 25.6 Å². The van der Waals surface area contributed by atoms with Gasteiger partial charge in [-0.15, -0.1) is 11.3 Å². The van der Waals surface area contributed by atoms with Crippen LogP contribution in [0.4, 0.5) is 5.69 Å². The Morgan fingerprint density at radius 1 is 1.07 bits per heavy atom. The molecule has 0 atom stereocenters. The highest BCUT2D eigenvalue weighted by Crippen LogP contribution is 2.21. The molecule has 0 radical (unpaired) electrons. The van der Waals surface area contributed by atoms with Gasteiger partial charge in [0.25, 0.3) is 5.91 Å². The Morgan fingerprint density at radius 3 is 2.40 bits per heavy atom. The highest BCUT2D eigenvalue weighted by Gasteiger charge is 2.15. The van der Waals surface area contributed by atoms with Gasteiger partial charge in [-0.25, -0.2) is 13.1 Å². The van der Waals surface area contributed by atoms with E-state index in [4.69, 9.17) is 17.3 Å². The number of carbonyl (C=O) groups excluding carboxylic acids is 2. The summed E-state index contributed by atoms with van der Waals surface area (Å²) < 4.78 is 27.3. The predicted molar refractivity (Wildman–Crippen MR) is 118 cm³/mol. The van der Waals surface area contributed by atoms with E-state index in [0.717, 1.165) is 4.88 Å². The number of thiophene rings is 1. The number of hydrogen-bond donors (Lipinski definition) is 3. The fraction of sp³-hybridized carbons (Fsp3) is 0.100. The number of nitrogens with one attached hydrogen (secondary N) is 2. The van der Waals surface area contributed by atoms with Gasteiger partial charge in [-0.05, 0) is 60.3 Å². The number of benzene rings is 2. The number of nitrogens with two attached hydrogens (primary N) is 1. The topological polar surface area (TPSA) is 118 Å². The molecular weight excluding hydrogens is 446 g/mol. The number of amides is 2. The second-order valence-electron chi connectivity index (χ2n) is 6.26. The van der Waals surface area contributed by atoms with E-state index < -0.39 is 21.8 Å². The van der Waals surface area contributed by atoms with Crippen LogP contribution < -0.4 is 15.8 Å². The summed E-state index contributed by atoms with van der Waals surface area (Å²) in [6.45, 7) is 0.285. The fourth-order valence-corrected chi connectivity index (χ4v) is 4.64. The predicted octanol–water partition coefficient (Wildman–Crippen LogP) is 3.27. The molecule has 30 heavy (non-hydrogen) atoms. The summed E-state index contributed by atoms with van der Waals surface area (Å²) in [5, 5.41) is 4.69. The van der Waals surface area contributed by atoms with Crippen LogP contribution in [0, 0.1) is 0 Å². The van der Waals surface area contributed by atoms with E-state index >= 15 is 0 Å². The van der Waals surface area contributed by atoms with Crippen molar-refractivity contribution in [3.8, 4) is 0 Å². The number of rotatable bonds is 8. The Balaban J connectivity index is 1.63. The van der Waals surface area contributed by atoms with Crippen molar-refractivity contribution in [2.24, 2.45) is 5.73 Å². The van der Waals surface area contributed by atoms with Crippen LogP contribution in [0.25, 0.3) is 0 Å². The molecule has 0 aliphatic rings. The average molecular weight is 464 g/mol. The van der Waals surface area contributed by atoms with Crippen LogP contribution in [0.15, 0.2) is 64.9 Å². The van der Waals surface area contributed by atoms with Crippen molar-refractivity contribution in [3.63, 3.8) is 0 Å². The molecule has 3 aromatic rings. The number of anilines is 1. The first-order chi connectivity index (χ1) is 14.3. The Labute approximate surface area is 182 Å². The van der Waals surface area contributed by atoms with E-state index in [0.29, 0.717) is 12.1 Å². The smallest absolute Gasteiger partial charge is 0.255 e. The van der Waals surface area contributed by atoms with Crippen LogP contribution in [-0.4, -0.2) is 26.8 Å². The second kappa shape index (κ2) is 9.40. The number of hydrogen-bond acceptors (Lipinski definition) is 5. The van der Waals surface area contributed by atoms with Gasteiger partial charge in [0.15, 0.2) is 0 Å². The van der Waals surface area contributed by atoms with Gasteiger partial charge in [-0.1, -0.05) is 17.7 Å². The summed E-state index contributed by atoms with van der Waals surface area (Å²) in [6, 6.07) is 13.8. The molecule has 0 aliphatic heterocycles. The molecule has 10 heteroatoms. The average Bonchev–Trinajstić information content (AvgIpc) is 3.21. The van der Waals surface area contributed by atoms with Crippen molar-refractivity contribution in [2.75, 3.05) is 11.9 Å². The zero-order valence-electron chi connectivity index (χ0n) is 15.6. The molecule has 3 rings (SSSR count). The fourth-order valence-electron chi connectivity index (χ4n) is 2.63. The lowest BCUT2D eigenvalue weighted by atomic mass is 10.1. The third-order valence-corrected chi connectivity index (χ3v) is 6.89. The third-order valence-electron chi connectivity index (χ3n) is 4.16. The SMILES string of the molecule is NC(=O)c1ccc(NC(=O)c2ccc(S(=O)(=O)NCCc3cccs3)cc2)cc1Cl. The lowest BCUT2D eigenvalue weighted by Crippen LogP contribution is -2.26. The van der Waals surface area contributed by atoms with Crippen LogP contribution in [0.2, 0.25) is 5.02 Å². The highest BCUT2D eigenvalue weighted by atomic mass is 35.5. The third kappa shape index (κ3) is 5.45. The molecule has 0 fully saturated rings. The summed E-state index contributed by atoms with van der Waals surface area (Å²) >= 11 is 7.54. The van der Waals surface area contributed by atoms with E-state index in [9.17, 15) is 18.0 Å². The molecule has 0 unspecified atom stereocenters. The minimum atomic E-state index is -3.67. The van der Waals surface area contributed by atoms with Crippen LogP contribution in [-0.2, 0) is 16.4 Å². The van der Waals surface area contributed by atoms with Gasteiger partial charge in [0.05, 0.1) is 15.5 Å². The van der Waals surface area contributed by atoms with Crippen molar-refractivity contribution in [2.45, 2.75) is 11.3 Å². The monoisotopic (exact) mass is 463 g/mol. The van der Waals surface area contributed by atoms with Crippen molar-refractivity contribution in [1.82, 2.24) is 4.72 Å². The summed E-state index contributed by atoms with van der Waals surface area (Å²) in [4.78, 5) is 24.8. The summed E-state index contributed by atoms with van der Waals surface area (Å²) in [5.74, 6) is -1.12. The van der Waals surface area contributed by atoms with Gasteiger partial charge in [0.1, 0.15) is 0 Å². The number of halogens is 1. The van der Waals surface area contributed by atoms with Crippen molar-refractivity contribution < 1.29 is 18.0 Å². The van der Waals surface area contributed by atoms with Crippen molar-refractivity contribution >= 4 is 50.5 Å². The summed E-state index contributed by atoms with van der Waals surface area (Å²) in [5.41, 5.74) is 5.99. The molecule has 7 nitrogen and oxygen atoms in total. The first kappa shape index (κ1) is 22.0. The number of sulfonamides is 1. The zero-order chi connectivity index (χ0) is 21.7. The van der Waals surface area contributed by atoms with E-state index in [1.165, 1.54) is 42.5 Å². The van der Waals surface area contributed by atoms with Gasteiger partial charge >= 0.3 is 0 Å². The molecular formula is C20H18ClN3O4S2. The maximum atomic E-state index is 12.4. The zero-order valence-corrected chi connectivity index (χ0v) is 18.0. The lowest BCUT2D eigenvalue weighted by molar-refractivity contribution is 0.0998. The van der Waals surface area contributed by atoms with Gasteiger partial charge in [0.2, 0.25) is 15.9 Å². The first-order valence-corrected chi connectivity index (χ1v) is 11.5. The van der Waals surface area contributed by atoms with Crippen LogP contribution >= 0.6 is 22.9 Å². The summed E-state index contributed by atoms with van der Waals surface area (Å²) in [7, 11) is -3.67. The lowest BCUT2D eigenvalue weighted by Gasteiger charge is -2.09. The number of carbonyl (C=O) groups is 2. The normalized spacial score (nSPS) is 11.2. The molecule has 0 aliphatic carbocycles. The second-order valence-corrected chi connectivity index (χ2v) is 9.47. The van der Waals surface area contributed by atoms with E-state index in [2.05, 4.69) is 10.0 Å². The van der Waals surface area contributed by atoms with Gasteiger partial charge in [0, 0.05) is 22.7 Å². The van der Waals surface area contributed by atoms with E-state index in [-0.39, 0.29) is 27.6 Å². The Bertz CT molecular complexity index is 1160.